The largest absolute Gasteiger partial charge is 0.456 e. The SMILES string of the molecule is CC(C)(C)OC(=O)c1ccc(-c2c(C3C[C@@H]3c3ccc4ccccc4n3)nc3c(N4CCOCC4)cc(Cl)nn23)cc1. The van der Waals surface area contributed by atoms with E-state index in [-0.39, 0.29) is 17.8 Å². The van der Waals surface area contributed by atoms with E-state index in [2.05, 4.69) is 29.2 Å². The maximum absolute atomic E-state index is 12.7. The zero-order valence-electron chi connectivity index (χ0n) is 23.9. The molecule has 1 aliphatic carbocycles. The van der Waals surface area contributed by atoms with Crippen molar-refractivity contribution in [2.24, 2.45) is 0 Å². The Balaban J connectivity index is 1.32. The summed E-state index contributed by atoms with van der Waals surface area (Å²) in [6, 6.07) is 21.8. The standard InChI is InChI=1S/C33H32ClN5O3/c1-33(2,3)42-32(40)22-10-8-21(9-11-22)30-29(24-18-23(24)26-13-12-20-6-4-5-7-25(20)35-26)36-31-27(19-28(34)37-39(30)31)38-14-16-41-17-15-38/h4-13,19,23-24H,14-18H2,1-3H3/t23-,24?/m0/s1. The van der Waals surface area contributed by atoms with Crippen LogP contribution in [0.4, 0.5) is 5.69 Å². The fourth-order valence-corrected chi connectivity index (χ4v) is 5.95. The van der Waals surface area contributed by atoms with Crippen LogP contribution in [-0.2, 0) is 9.47 Å². The van der Waals surface area contributed by atoms with Gasteiger partial charge >= 0.3 is 5.97 Å². The van der Waals surface area contributed by atoms with Gasteiger partial charge in [0, 0.05) is 47.6 Å². The molecule has 0 bridgehead atoms. The second-order valence-corrected chi connectivity index (χ2v) is 12.4. The molecule has 5 aromatic rings. The number of esters is 1. The number of nitrogens with zero attached hydrogens (tertiary/aromatic N) is 5. The van der Waals surface area contributed by atoms with E-state index in [1.165, 1.54) is 0 Å². The van der Waals surface area contributed by atoms with E-state index in [0.29, 0.717) is 23.9 Å². The fourth-order valence-electron chi connectivity index (χ4n) is 5.77. The normalized spacial score (nSPS) is 18.9. The summed E-state index contributed by atoms with van der Waals surface area (Å²) in [5, 5.41) is 6.26. The summed E-state index contributed by atoms with van der Waals surface area (Å²) in [5.74, 6) is 0.0756. The number of hydrogen-bond acceptors (Lipinski definition) is 7. The van der Waals surface area contributed by atoms with Crippen molar-refractivity contribution in [3.8, 4) is 11.3 Å². The molecule has 2 atom stereocenters. The number of hydrogen-bond donors (Lipinski definition) is 0. The lowest BCUT2D eigenvalue weighted by Gasteiger charge is -2.28. The zero-order chi connectivity index (χ0) is 29.0. The molecule has 8 nitrogen and oxygen atoms in total. The molecule has 4 heterocycles. The number of halogens is 1. The maximum Gasteiger partial charge on any atom is 0.338 e. The zero-order valence-corrected chi connectivity index (χ0v) is 24.6. The van der Waals surface area contributed by atoms with Gasteiger partial charge in [-0.15, -0.1) is 0 Å². The minimum atomic E-state index is -0.571. The predicted molar refractivity (Wildman–Crippen MR) is 163 cm³/mol. The molecule has 0 N–H and O–H groups in total. The molecular formula is C33H32ClN5O3. The van der Waals surface area contributed by atoms with Crippen LogP contribution in [0.15, 0.2) is 66.7 Å². The molecular weight excluding hydrogens is 550 g/mol. The quantitative estimate of drug-likeness (QED) is 0.215. The van der Waals surface area contributed by atoms with Crippen LogP contribution in [0.25, 0.3) is 27.8 Å². The highest BCUT2D eigenvalue weighted by atomic mass is 35.5. The van der Waals surface area contributed by atoms with Crippen molar-refractivity contribution in [2.45, 2.75) is 44.6 Å². The lowest BCUT2D eigenvalue weighted by Crippen LogP contribution is -2.36. The van der Waals surface area contributed by atoms with Gasteiger partial charge in [-0.1, -0.05) is 48.0 Å². The lowest BCUT2D eigenvalue weighted by molar-refractivity contribution is 0.00695. The van der Waals surface area contributed by atoms with Gasteiger partial charge in [-0.2, -0.15) is 5.10 Å². The average molecular weight is 582 g/mol. The second-order valence-electron chi connectivity index (χ2n) is 12.0. The molecule has 2 aliphatic rings. The Morgan fingerprint density at radius 2 is 1.74 bits per heavy atom. The van der Waals surface area contributed by atoms with Crippen LogP contribution in [0.3, 0.4) is 0 Å². The molecule has 7 rings (SSSR count). The van der Waals surface area contributed by atoms with Crippen molar-refractivity contribution < 1.29 is 14.3 Å². The second kappa shape index (κ2) is 10.4. The highest BCUT2D eigenvalue weighted by Crippen LogP contribution is 2.56. The molecule has 9 heteroatoms. The number of benzene rings is 2. The smallest absolute Gasteiger partial charge is 0.338 e. The molecule has 2 fully saturated rings. The molecule has 42 heavy (non-hydrogen) atoms. The Bertz CT molecular complexity index is 1810. The summed E-state index contributed by atoms with van der Waals surface area (Å²) < 4.78 is 13.1. The third-order valence-corrected chi connectivity index (χ3v) is 8.03. The summed E-state index contributed by atoms with van der Waals surface area (Å²) in [6.07, 6.45) is 0.943. The number of fused-ring (bicyclic) bond motifs is 2. The number of carbonyl (C=O) groups is 1. The van der Waals surface area contributed by atoms with Gasteiger partial charge in [0.15, 0.2) is 10.8 Å². The van der Waals surface area contributed by atoms with Crippen molar-refractivity contribution >= 4 is 39.8 Å². The highest BCUT2D eigenvalue weighted by Gasteiger charge is 2.44. The molecule has 0 amide bonds. The molecule has 1 saturated carbocycles. The summed E-state index contributed by atoms with van der Waals surface area (Å²) >= 11 is 6.63. The van der Waals surface area contributed by atoms with E-state index in [9.17, 15) is 4.79 Å². The van der Waals surface area contributed by atoms with Crippen LogP contribution in [0.1, 0.15) is 60.8 Å². The number of pyridine rings is 1. The van der Waals surface area contributed by atoms with Crippen LogP contribution in [0.5, 0.6) is 0 Å². The monoisotopic (exact) mass is 581 g/mol. The number of imidazole rings is 1. The van der Waals surface area contributed by atoms with Gasteiger partial charge in [-0.05, 0) is 51.5 Å². The average Bonchev–Trinajstić information content (AvgIpc) is 3.69. The third kappa shape index (κ3) is 5.10. The Kier molecular flexibility index (Phi) is 6.63. The minimum Gasteiger partial charge on any atom is -0.456 e. The number of anilines is 1. The van der Waals surface area contributed by atoms with Crippen LogP contribution < -0.4 is 4.90 Å². The summed E-state index contributed by atoms with van der Waals surface area (Å²) in [4.78, 5) is 25.2. The van der Waals surface area contributed by atoms with E-state index in [1.807, 2.05) is 55.6 Å². The summed E-state index contributed by atoms with van der Waals surface area (Å²) in [7, 11) is 0. The number of morpholine rings is 1. The first-order chi connectivity index (χ1) is 20.2. The number of ether oxygens (including phenoxy) is 2. The maximum atomic E-state index is 12.7. The van der Waals surface area contributed by atoms with E-state index >= 15 is 0 Å². The molecule has 2 aromatic carbocycles. The van der Waals surface area contributed by atoms with Crippen molar-refractivity contribution in [3.63, 3.8) is 0 Å². The first-order valence-corrected chi connectivity index (χ1v) is 14.7. The molecule has 0 spiro atoms. The van der Waals surface area contributed by atoms with Gasteiger partial charge < -0.3 is 14.4 Å². The number of aromatic nitrogens is 4. The van der Waals surface area contributed by atoms with Gasteiger partial charge in [0.2, 0.25) is 0 Å². The topological polar surface area (TPSA) is 81.8 Å². The van der Waals surface area contributed by atoms with Crippen molar-refractivity contribution in [1.29, 1.82) is 0 Å². The van der Waals surface area contributed by atoms with Crippen molar-refractivity contribution in [3.05, 3.63) is 88.8 Å². The van der Waals surface area contributed by atoms with Crippen LogP contribution in [-0.4, -0.2) is 57.5 Å². The number of para-hydroxylation sites is 1. The molecule has 214 valence electrons. The Morgan fingerprint density at radius 3 is 2.50 bits per heavy atom. The van der Waals surface area contributed by atoms with Gasteiger partial charge in [-0.3, -0.25) is 4.98 Å². The van der Waals surface area contributed by atoms with Crippen molar-refractivity contribution in [2.75, 3.05) is 31.2 Å². The Morgan fingerprint density at radius 1 is 0.976 bits per heavy atom. The molecule has 3 aromatic heterocycles. The van der Waals surface area contributed by atoms with Crippen LogP contribution in [0, 0.1) is 0 Å². The fraction of sp³-hybridized carbons (Fsp3) is 0.333. The number of carbonyl (C=O) groups excluding carboxylic acids is 1. The first kappa shape index (κ1) is 26.9. The number of rotatable bonds is 5. The van der Waals surface area contributed by atoms with Crippen LogP contribution in [0.2, 0.25) is 5.15 Å². The summed E-state index contributed by atoms with van der Waals surface area (Å²) in [6.45, 7) is 8.40. The van der Waals surface area contributed by atoms with Gasteiger partial charge in [0.1, 0.15) is 5.60 Å². The predicted octanol–water partition coefficient (Wildman–Crippen LogP) is 6.66. The van der Waals surface area contributed by atoms with Gasteiger partial charge in [0.25, 0.3) is 0 Å². The lowest BCUT2D eigenvalue weighted by atomic mass is 10.0. The van der Waals surface area contributed by atoms with E-state index in [0.717, 1.165) is 64.4 Å². The van der Waals surface area contributed by atoms with Crippen molar-refractivity contribution in [1.82, 2.24) is 19.6 Å². The van der Waals surface area contributed by atoms with Crippen LogP contribution >= 0.6 is 11.6 Å². The van der Waals surface area contributed by atoms with Gasteiger partial charge in [0.05, 0.1) is 41.4 Å². The molecule has 0 radical (unpaired) electrons. The molecule has 1 aliphatic heterocycles. The third-order valence-electron chi connectivity index (χ3n) is 7.85. The molecule has 1 saturated heterocycles. The summed E-state index contributed by atoms with van der Waals surface area (Å²) in [5.41, 5.74) is 6.45. The Hall–Kier alpha value is -4.01. The van der Waals surface area contributed by atoms with E-state index < -0.39 is 5.60 Å². The van der Waals surface area contributed by atoms with E-state index in [1.54, 1.807) is 12.1 Å². The first-order valence-electron chi connectivity index (χ1n) is 14.4. The molecule has 1 unspecified atom stereocenters. The minimum absolute atomic E-state index is 0.178. The van der Waals surface area contributed by atoms with Gasteiger partial charge in [-0.25, -0.2) is 14.3 Å². The highest BCUT2D eigenvalue weighted by molar-refractivity contribution is 6.29. The Labute approximate surface area is 249 Å². The van der Waals surface area contributed by atoms with E-state index in [4.69, 9.17) is 36.1 Å².